The maximum Gasteiger partial charge on any atom is 0.323 e. The lowest BCUT2D eigenvalue weighted by Crippen LogP contribution is -2.41. The predicted octanol–water partition coefficient (Wildman–Crippen LogP) is -0.563. The van der Waals surface area contributed by atoms with Crippen molar-refractivity contribution in [1.82, 2.24) is 0 Å². The van der Waals surface area contributed by atoms with Crippen LogP contribution in [-0.4, -0.2) is 29.8 Å². The molecule has 0 fully saturated rings. The van der Waals surface area contributed by atoms with Crippen LogP contribution >= 0.6 is 0 Å². The Morgan fingerprint density at radius 3 is 2.82 bits per heavy atom. The number of aliphatic carboxylic acids is 1. The lowest BCUT2D eigenvalue weighted by Gasteiger charge is -2.14. The molecule has 0 spiro atoms. The topological polar surface area (TPSA) is 72.5 Å². The molecule has 0 bridgehead atoms. The summed E-state index contributed by atoms with van der Waals surface area (Å²) in [5.41, 5.74) is 5.21. The van der Waals surface area contributed by atoms with Gasteiger partial charge in [0.2, 0.25) is 0 Å². The minimum absolute atomic E-state index is 0.0855. The molecular formula is C7H11NO3. The first-order valence-corrected chi connectivity index (χ1v) is 3.13. The van der Waals surface area contributed by atoms with Crippen LogP contribution in [-0.2, 0) is 9.53 Å². The molecule has 0 unspecified atom stereocenters. The molecule has 4 heteroatoms. The van der Waals surface area contributed by atoms with E-state index < -0.39 is 18.1 Å². The summed E-state index contributed by atoms with van der Waals surface area (Å²) in [5.74, 6) is 1.13. The smallest absolute Gasteiger partial charge is 0.323 e. The van der Waals surface area contributed by atoms with Crippen LogP contribution in [0.25, 0.3) is 0 Å². The second-order valence-corrected chi connectivity index (χ2v) is 2.08. The number of hydrogen-bond donors (Lipinski definition) is 2. The summed E-state index contributed by atoms with van der Waals surface area (Å²) in [7, 11) is 0. The van der Waals surface area contributed by atoms with Crippen LogP contribution in [0.2, 0.25) is 0 Å². The second-order valence-electron chi connectivity index (χ2n) is 2.08. The molecule has 0 aliphatic rings. The Hall–Kier alpha value is -1.05. The first-order valence-electron chi connectivity index (χ1n) is 3.13. The second kappa shape index (κ2) is 4.72. The van der Waals surface area contributed by atoms with E-state index in [2.05, 4.69) is 5.92 Å². The molecule has 0 saturated heterocycles. The molecule has 0 aliphatic carbocycles. The lowest BCUT2D eigenvalue weighted by atomic mass is 10.2. The number of carboxylic acids is 1. The Balaban J connectivity index is 3.75. The van der Waals surface area contributed by atoms with E-state index in [9.17, 15) is 4.79 Å². The van der Waals surface area contributed by atoms with Crippen molar-refractivity contribution in [2.75, 3.05) is 6.61 Å². The van der Waals surface area contributed by atoms with Crippen molar-refractivity contribution >= 4 is 5.97 Å². The Kier molecular flexibility index (Phi) is 4.27. The summed E-state index contributed by atoms with van der Waals surface area (Å²) in [6, 6.07) is -1.01. The Morgan fingerprint density at radius 1 is 1.91 bits per heavy atom. The fourth-order valence-electron chi connectivity index (χ4n) is 0.484. The quantitative estimate of drug-likeness (QED) is 0.536. The number of rotatable bonds is 4. The van der Waals surface area contributed by atoms with Gasteiger partial charge < -0.3 is 15.6 Å². The summed E-state index contributed by atoms with van der Waals surface area (Å²) in [6.07, 6.45) is 4.34. The van der Waals surface area contributed by atoms with Gasteiger partial charge in [-0.1, -0.05) is 5.92 Å². The Bertz CT molecular complexity index is 173. The van der Waals surface area contributed by atoms with Crippen LogP contribution in [0, 0.1) is 12.3 Å². The first kappa shape index (κ1) is 9.95. The molecule has 62 valence electrons. The van der Waals surface area contributed by atoms with Gasteiger partial charge in [0, 0.05) is 0 Å². The Labute approximate surface area is 65.3 Å². The van der Waals surface area contributed by atoms with E-state index in [1.165, 1.54) is 0 Å². The van der Waals surface area contributed by atoms with E-state index in [0.29, 0.717) is 0 Å². The molecule has 2 atom stereocenters. The summed E-state index contributed by atoms with van der Waals surface area (Å²) in [6.45, 7) is 1.65. The third-order valence-electron chi connectivity index (χ3n) is 1.22. The highest BCUT2D eigenvalue weighted by Gasteiger charge is 2.19. The molecule has 0 aromatic carbocycles. The van der Waals surface area contributed by atoms with E-state index in [0.717, 1.165) is 0 Å². The predicted molar refractivity (Wildman–Crippen MR) is 39.9 cm³/mol. The van der Waals surface area contributed by atoms with E-state index in [1.807, 2.05) is 0 Å². The van der Waals surface area contributed by atoms with Crippen LogP contribution < -0.4 is 5.73 Å². The SMILES string of the molecule is C#CCO[C@H](C)[C@H](N)C(=O)O. The average Bonchev–Trinajstić information content (AvgIpc) is 1.98. The number of terminal acetylenes is 1. The summed E-state index contributed by atoms with van der Waals surface area (Å²) in [4.78, 5) is 10.2. The molecule has 0 saturated carbocycles. The van der Waals surface area contributed by atoms with Crippen LogP contribution in [0.5, 0.6) is 0 Å². The van der Waals surface area contributed by atoms with Gasteiger partial charge in [0.25, 0.3) is 0 Å². The minimum Gasteiger partial charge on any atom is -0.480 e. The van der Waals surface area contributed by atoms with Gasteiger partial charge >= 0.3 is 5.97 Å². The molecule has 0 rings (SSSR count). The van der Waals surface area contributed by atoms with E-state index in [4.69, 9.17) is 22.0 Å². The zero-order chi connectivity index (χ0) is 8.85. The maximum atomic E-state index is 10.2. The van der Waals surface area contributed by atoms with Crippen molar-refractivity contribution in [3.63, 3.8) is 0 Å². The molecule has 0 radical (unpaired) electrons. The van der Waals surface area contributed by atoms with Crippen molar-refractivity contribution in [2.45, 2.75) is 19.1 Å². The molecule has 3 N–H and O–H groups in total. The number of carboxylic acid groups (broad SMARTS) is 1. The lowest BCUT2D eigenvalue weighted by molar-refractivity contribution is -0.141. The third-order valence-corrected chi connectivity index (χ3v) is 1.22. The molecule has 0 aliphatic heterocycles. The summed E-state index contributed by atoms with van der Waals surface area (Å²) < 4.78 is 4.87. The fourth-order valence-corrected chi connectivity index (χ4v) is 0.484. The van der Waals surface area contributed by atoms with Crippen LogP contribution in [0.4, 0.5) is 0 Å². The molecule has 11 heavy (non-hydrogen) atoms. The molecule has 0 amide bonds. The van der Waals surface area contributed by atoms with Gasteiger partial charge in [-0.25, -0.2) is 0 Å². The van der Waals surface area contributed by atoms with Gasteiger partial charge in [-0.3, -0.25) is 4.79 Å². The molecule has 0 aromatic rings. The van der Waals surface area contributed by atoms with Crippen molar-refractivity contribution in [2.24, 2.45) is 5.73 Å². The van der Waals surface area contributed by atoms with Gasteiger partial charge in [-0.05, 0) is 6.92 Å². The number of ether oxygens (including phenoxy) is 1. The minimum atomic E-state index is -1.09. The van der Waals surface area contributed by atoms with Crippen LogP contribution in [0.15, 0.2) is 0 Å². The van der Waals surface area contributed by atoms with Gasteiger partial charge in [0.05, 0.1) is 6.10 Å². The zero-order valence-electron chi connectivity index (χ0n) is 6.28. The number of hydrogen-bond acceptors (Lipinski definition) is 3. The van der Waals surface area contributed by atoms with Gasteiger partial charge in [0.1, 0.15) is 12.6 Å². The number of carbonyl (C=O) groups is 1. The van der Waals surface area contributed by atoms with Crippen molar-refractivity contribution in [3.05, 3.63) is 0 Å². The van der Waals surface area contributed by atoms with Crippen LogP contribution in [0.1, 0.15) is 6.92 Å². The maximum absolute atomic E-state index is 10.2. The summed E-state index contributed by atoms with van der Waals surface area (Å²) in [5, 5.41) is 8.40. The van der Waals surface area contributed by atoms with Gasteiger partial charge in [0.15, 0.2) is 0 Å². The van der Waals surface area contributed by atoms with Gasteiger partial charge in [-0.15, -0.1) is 6.42 Å². The number of nitrogens with two attached hydrogens (primary N) is 1. The van der Waals surface area contributed by atoms with E-state index in [-0.39, 0.29) is 6.61 Å². The fraction of sp³-hybridized carbons (Fsp3) is 0.571. The highest BCUT2D eigenvalue weighted by Crippen LogP contribution is 1.95. The highest BCUT2D eigenvalue weighted by molar-refractivity contribution is 5.73. The summed E-state index contributed by atoms with van der Waals surface area (Å²) >= 11 is 0. The highest BCUT2D eigenvalue weighted by atomic mass is 16.5. The largest absolute Gasteiger partial charge is 0.480 e. The van der Waals surface area contributed by atoms with Crippen molar-refractivity contribution in [1.29, 1.82) is 0 Å². The normalized spacial score (nSPS) is 15.0. The first-order chi connectivity index (χ1) is 5.09. The average molecular weight is 157 g/mol. The molecule has 0 heterocycles. The molecule has 4 nitrogen and oxygen atoms in total. The monoisotopic (exact) mass is 157 g/mol. The van der Waals surface area contributed by atoms with E-state index >= 15 is 0 Å². The molecular weight excluding hydrogens is 146 g/mol. The van der Waals surface area contributed by atoms with Gasteiger partial charge in [-0.2, -0.15) is 0 Å². The van der Waals surface area contributed by atoms with Crippen molar-refractivity contribution in [3.8, 4) is 12.3 Å². The molecule has 0 aromatic heterocycles. The zero-order valence-corrected chi connectivity index (χ0v) is 6.28. The third kappa shape index (κ3) is 3.61. The van der Waals surface area contributed by atoms with Crippen molar-refractivity contribution < 1.29 is 14.6 Å². The standard InChI is InChI=1S/C7H11NO3/c1-3-4-11-5(2)6(8)7(9)10/h1,5-6H,4,8H2,2H3,(H,9,10)/t5-,6+/m1/s1. The van der Waals surface area contributed by atoms with Crippen LogP contribution in [0.3, 0.4) is 0 Å². The van der Waals surface area contributed by atoms with E-state index in [1.54, 1.807) is 6.92 Å². The Morgan fingerprint density at radius 2 is 2.45 bits per heavy atom.